The molecule has 0 spiro atoms. The number of non-ortho nitro benzene ring substituents is 1. The zero-order valence-corrected chi connectivity index (χ0v) is 10.4. The van der Waals surface area contributed by atoms with Gasteiger partial charge in [-0.3, -0.25) is 14.9 Å². The van der Waals surface area contributed by atoms with Crippen molar-refractivity contribution in [3.05, 3.63) is 75.8 Å². The molecule has 0 aliphatic rings. The number of rotatable bonds is 4. The van der Waals surface area contributed by atoms with Crippen LogP contribution in [0.15, 0.2) is 54.6 Å². The average molecular weight is 269 g/mol. The number of carbonyl (C=O) groups excluding carboxylic acids is 1. The zero-order valence-electron chi connectivity index (χ0n) is 10.4. The summed E-state index contributed by atoms with van der Waals surface area (Å²) in [7, 11) is 0. The standard InChI is InChI=1S/C15H11NO4/c17-14-8-4-12(5-9-14)15(18)10-3-11-1-6-13(7-2-11)16(19)20/h1-10,17H/b10-3+. The third kappa shape index (κ3) is 3.29. The highest BCUT2D eigenvalue weighted by Gasteiger charge is 2.04. The molecule has 0 atom stereocenters. The van der Waals surface area contributed by atoms with Crippen LogP contribution in [0, 0.1) is 10.1 Å². The smallest absolute Gasteiger partial charge is 0.269 e. The van der Waals surface area contributed by atoms with Crippen molar-refractivity contribution >= 4 is 17.5 Å². The SMILES string of the molecule is O=C(/C=C/c1ccc([N+](=O)[O-])cc1)c1ccc(O)cc1. The first-order valence-corrected chi connectivity index (χ1v) is 5.82. The minimum Gasteiger partial charge on any atom is -0.508 e. The zero-order chi connectivity index (χ0) is 14.5. The van der Waals surface area contributed by atoms with Crippen LogP contribution in [0.2, 0.25) is 0 Å². The fraction of sp³-hybridized carbons (Fsp3) is 0. The van der Waals surface area contributed by atoms with Crippen LogP contribution in [0.1, 0.15) is 15.9 Å². The summed E-state index contributed by atoms with van der Waals surface area (Å²) in [5, 5.41) is 19.6. The summed E-state index contributed by atoms with van der Waals surface area (Å²) in [5.41, 5.74) is 1.16. The van der Waals surface area contributed by atoms with E-state index in [4.69, 9.17) is 5.11 Å². The lowest BCUT2D eigenvalue weighted by atomic mass is 10.1. The lowest BCUT2D eigenvalue weighted by molar-refractivity contribution is -0.384. The molecule has 0 amide bonds. The van der Waals surface area contributed by atoms with Gasteiger partial charge in [-0.15, -0.1) is 0 Å². The molecule has 0 saturated carbocycles. The summed E-state index contributed by atoms with van der Waals surface area (Å²) < 4.78 is 0. The quantitative estimate of drug-likeness (QED) is 0.400. The fourth-order valence-corrected chi connectivity index (χ4v) is 1.60. The molecule has 1 N–H and O–H groups in total. The maximum Gasteiger partial charge on any atom is 0.269 e. The van der Waals surface area contributed by atoms with Gasteiger partial charge in [-0.2, -0.15) is 0 Å². The van der Waals surface area contributed by atoms with Gasteiger partial charge in [0.1, 0.15) is 5.75 Å². The van der Waals surface area contributed by atoms with E-state index in [2.05, 4.69) is 0 Å². The predicted octanol–water partition coefficient (Wildman–Crippen LogP) is 3.20. The van der Waals surface area contributed by atoms with Gasteiger partial charge < -0.3 is 5.11 Å². The molecular formula is C15H11NO4. The van der Waals surface area contributed by atoms with E-state index in [0.717, 1.165) is 0 Å². The lowest BCUT2D eigenvalue weighted by Crippen LogP contribution is -1.93. The number of ketones is 1. The molecule has 5 heteroatoms. The first-order chi connectivity index (χ1) is 9.56. The van der Waals surface area contributed by atoms with Gasteiger partial charge in [-0.1, -0.05) is 6.08 Å². The molecule has 0 unspecified atom stereocenters. The highest BCUT2D eigenvalue weighted by atomic mass is 16.6. The number of nitro benzene ring substituents is 1. The summed E-state index contributed by atoms with van der Waals surface area (Å²) in [6.45, 7) is 0. The van der Waals surface area contributed by atoms with Gasteiger partial charge in [-0.25, -0.2) is 0 Å². The first kappa shape index (κ1) is 13.5. The maximum atomic E-state index is 11.8. The molecular weight excluding hydrogens is 258 g/mol. The second-order valence-electron chi connectivity index (χ2n) is 4.09. The van der Waals surface area contributed by atoms with Crippen molar-refractivity contribution in [1.82, 2.24) is 0 Å². The van der Waals surface area contributed by atoms with Crippen LogP contribution in [-0.4, -0.2) is 15.8 Å². The molecule has 100 valence electrons. The Bertz CT molecular complexity index is 657. The van der Waals surface area contributed by atoms with Gasteiger partial charge in [0.05, 0.1) is 4.92 Å². The molecule has 0 aliphatic carbocycles. The molecule has 2 aromatic carbocycles. The lowest BCUT2D eigenvalue weighted by Gasteiger charge is -1.96. The summed E-state index contributed by atoms with van der Waals surface area (Å²) in [5.74, 6) is -0.107. The number of carbonyl (C=O) groups is 1. The summed E-state index contributed by atoms with van der Waals surface area (Å²) in [4.78, 5) is 21.9. The minimum absolute atomic E-state index is 0.00649. The number of phenolic OH excluding ortho intramolecular Hbond substituents is 1. The molecule has 20 heavy (non-hydrogen) atoms. The van der Waals surface area contributed by atoms with Crippen molar-refractivity contribution < 1.29 is 14.8 Å². The van der Waals surface area contributed by atoms with Gasteiger partial charge in [0.2, 0.25) is 0 Å². The topological polar surface area (TPSA) is 80.4 Å². The monoisotopic (exact) mass is 269 g/mol. The first-order valence-electron chi connectivity index (χ1n) is 5.82. The fourth-order valence-electron chi connectivity index (χ4n) is 1.60. The number of nitrogens with zero attached hydrogens (tertiary/aromatic N) is 1. The number of allylic oxidation sites excluding steroid dienone is 1. The Kier molecular flexibility index (Phi) is 3.91. The van der Waals surface area contributed by atoms with Gasteiger partial charge in [0.15, 0.2) is 5.78 Å². The third-order valence-corrected chi connectivity index (χ3v) is 2.68. The van der Waals surface area contributed by atoms with Crippen LogP contribution in [0.4, 0.5) is 5.69 Å². The van der Waals surface area contributed by atoms with E-state index in [1.165, 1.54) is 42.5 Å². The van der Waals surface area contributed by atoms with E-state index in [1.807, 2.05) is 0 Å². The van der Waals surface area contributed by atoms with Crippen molar-refractivity contribution in [3.8, 4) is 5.75 Å². The van der Waals surface area contributed by atoms with Crippen molar-refractivity contribution in [3.63, 3.8) is 0 Å². The van der Waals surface area contributed by atoms with Crippen LogP contribution in [0.5, 0.6) is 5.75 Å². The second kappa shape index (κ2) is 5.79. The van der Waals surface area contributed by atoms with E-state index in [0.29, 0.717) is 11.1 Å². The number of hydrogen-bond donors (Lipinski definition) is 1. The van der Waals surface area contributed by atoms with Gasteiger partial charge in [-0.05, 0) is 48.0 Å². The molecule has 0 saturated heterocycles. The molecule has 0 radical (unpaired) electrons. The van der Waals surface area contributed by atoms with Crippen LogP contribution in [-0.2, 0) is 0 Å². The summed E-state index contributed by atoms with van der Waals surface area (Å²) in [6.07, 6.45) is 2.96. The Labute approximate surface area is 115 Å². The van der Waals surface area contributed by atoms with Crippen LogP contribution >= 0.6 is 0 Å². The Hall–Kier alpha value is -2.95. The average Bonchev–Trinajstić information content (AvgIpc) is 2.46. The minimum atomic E-state index is -0.477. The van der Waals surface area contributed by atoms with E-state index in [1.54, 1.807) is 18.2 Å². The van der Waals surface area contributed by atoms with E-state index < -0.39 is 4.92 Å². The van der Waals surface area contributed by atoms with E-state index in [9.17, 15) is 14.9 Å². The number of nitro groups is 1. The molecule has 2 rings (SSSR count). The number of hydrogen-bond acceptors (Lipinski definition) is 4. The predicted molar refractivity (Wildman–Crippen MR) is 74.6 cm³/mol. The maximum absolute atomic E-state index is 11.8. The van der Waals surface area contributed by atoms with Crippen LogP contribution in [0.25, 0.3) is 6.08 Å². The Morgan fingerprint density at radius 1 is 1.05 bits per heavy atom. The number of aromatic hydroxyl groups is 1. The Morgan fingerprint density at radius 2 is 1.65 bits per heavy atom. The normalized spacial score (nSPS) is 10.6. The van der Waals surface area contributed by atoms with Crippen LogP contribution < -0.4 is 0 Å². The molecule has 0 bridgehead atoms. The summed E-state index contributed by atoms with van der Waals surface area (Å²) in [6, 6.07) is 11.8. The van der Waals surface area contributed by atoms with Crippen LogP contribution in [0.3, 0.4) is 0 Å². The molecule has 2 aromatic rings. The number of benzene rings is 2. The van der Waals surface area contributed by atoms with Gasteiger partial charge in [0.25, 0.3) is 5.69 Å². The van der Waals surface area contributed by atoms with Crippen molar-refractivity contribution in [1.29, 1.82) is 0 Å². The Morgan fingerprint density at radius 3 is 2.20 bits per heavy atom. The highest BCUT2D eigenvalue weighted by molar-refractivity contribution is 6.06. The molecule has 5 nitrogen and oxygen atoms in total. The van der Waals surface area contributed by atoms with Crippen molar-refractivity contribution in [2.75, 3.05) is 0 Å². The molecule has 0 fully saturated rings. The highest BCUT2D eigenvalue weighted by Crippen LogP contribution is 2.14. The Balaban J connectivity index is 2.10. The van der Waals surface area contributed by atoms with Crippen molar-refractivity contribution in [2.45, 2.75) is 0 Å². The molecule has 0 aliphatic heterocycles. The molecule has 0 aromatic heterocycles. The molecule has 0 heterocycles. The van der Waals surface area contributed by atoms with Gasteiger partial charge in [0, 0.05) is 17.7 Å². The van der Waals surface area contributed by atoms with E-state index >= 15 is 0 Å². The van der Waals surface area contributed by atoms with E-state index in [-0.39, 0.29) is 17.2 Å². The number of phenols is 1. The van der Waals surface area contributed by atoms with Gasteiger partial charge >= 0.3 is 0 Å². The third-order valence-electron chi connectivity index (χ3n) is 2.68. The largest absolute Gasteiger partial charge is 0.508 e. The van der Waals surface area contributed by atoms with Crippen molar-refractivity contribution in [2.24, 2.45) is 0 Å². The second-order valence-corrected chi connectivity index (χ2v) is 4.09. The summed E-state index contributed by atoms with van der Waals surface area (Å²) >= 11 is 0.